The number of hydrogen-bond acceptors (Lipinski definition) is 5. The maximum absolute atomic E-state index is 11.1. The van der Waals surface area contributed by atoms with Crippen LogP contribution in [0.3, 0.4) is 0 Å². The number of nitrogens with one attached hydrogen (secondary N) is 1. The molecule has 1 aromatic heterocycles. The summed E-state index contributed by atoms with van der Waals surface area (Å²) in [6.07, 6.45) is 1.37. The molecule has 0 bridgehead atoms. The Balaban J connectivity index is 2.38. The highest BCUT2D eigenvalue weighted by Gasteiger charge is 2.12. The van der Waals surface area contributed by atoms with E-state index >= 15 is 0 Å². The van der Waals surface area contributed by atoms with Crippen molar-refractivity contribution in [3.05, 3.63) is 46.4 Å². The fraction of sp³-hybridized carbons (Fsp3) is 0. The lowest BCUT2D eigenvalue weighted by molar-refractivity contribution is 0.0698. The summed E-state index contributed by atoms with van der Waals surface area (Å²) in [4.78, 5) is 29.0. The number of aromatic amines is 1. The second kappa shape index (κ2) is 4.92. The van der Waals surface area contributed by atoms with Crippen LogP contribution in [0.15, 0.2) is 45.3 Å². The Morgan fingerprint density at radius 3 is 2.83 bits per heavy atom. The van der Waals surface area contributed by atoms with Gasteiger partial charge in [-0.15, -0.1) is 0 Å². The molecule has 0 atom stereocenters. The predicted octanol–water partition coefficient (Wildman–Crippen LogP) is 1.20. The third-order valence-electron chi connectivity index (χ3n) is 2.15. The number of carboxylic acids is 1. The Bertz CT molecular complexity index is 654. The van der Waals surface area contributed by atoms with E-state index in [0.29, 0.717) is 10.1 Å². The molecule has 0 amide bonds. The molecule has 4 N–H and O–H groups in total. The molecule has 92 valence electrons. The number of H-pyrrole nitrogens is 1. The molecule has 0 saturated carbocycles. The lowest BCUT2D eigenvalue weighted by atomic mass is 10.2. The Morgan fingerprint density at radius 1 is 1.39 bits per heavy atom. The number of carboxylic acid groups (broad SMARTS) is 1. The molecule has 0 fully saturated rings. The first-order valence-corrected chi connectivity index (χ1v) is 5.74. The molecule has 2 rings (SSSR count). The highest BCUT2D eigenvalue weighted by Crippen LogP contribution is 2.31. The quantitative estimate of drug-likeness (QED) is 0.567. The zero-order valence-electron chi connectivity index (χ0n) is 9.08. The van der Waals surface area contributed by atoms with Crippen LogP contribution in [0, 0.1) is 0 Å². The third-order valence-corrected chi connectivity index (χ3v) is 3.13. The first-order chi connectivity index (χ1) is 8.58. The summed E-state index contributed by atoms with van der Waals surface area (Å²) in [5.41, 5.74) is 5.65. The Hall–Kier alpha value is -2.28. The van der Waals surface area contributed by atoms with Crippen molar-refractivity contribution < 1.29 is 9.90 Å². The number of anilines is 1. The number of para-hydroxylation sites is 1. The topological polar surface area (TPSA) is 109 Å². The molecule has 0 aliphatic heterocycles. The average molecular weight is 263 g/mol. The van der Waals surface area contributed by atoms with Gasteiger partial charge in [0.05, 0.1) is 11.3 Å². The van der Waals surface area contributed by atoms with Gasteiger partial charge in [0, 0.05) is 17.2 Å². The normalized spacial score (nSPS) is 10.2. The van der Waals surface area contributed by atoms with Crippen molar-refractivity contribution in [1.82, 2.24) is 9.97 Å². The fourth-order valence-corrected chi connectivity index (χ4v) is 2.17. The first-order valence-electron chi connectivity index (χ1n) is 4.93. The maximum Gasteiger partial charge on any atom is 0.337 e. The number of nitrogens with two attached hydrogens (primary N) is 1. The molecule has 0 aliphatic carbocycles. The van der Waals surface area contributed by atoms with Crippen LogP contribution in [-0.4, -0.2) is 21.0 Å². The van der Waals surface area contributed by atoms with E-state index in [4.69, 9.17) is 10.8 Å². The van der Waals surface area contributed by atoms with Crippen molar-refractivity contribution in [2.24, 2.45) is 0 Å². The summed E-state index contributed by atoms with van der Waals surface area (Å²) in [6.45, 7) is 0. The summed E-state index contributed by atoms with van der Waals surface area (Å²) in [7, 11) is 0. The summed E-state index contributed by atoms with van der Waals surface area (Å²) in [6, 6.07) is 5.96. The van der Waals surface area contributed by atoms with E-state index in [0.717, 1.165) is 11.8 Å². The van der Waals surface area contributed by atoms with E-state index in [1.165, 1.54) is 18.3 Å². The molecular weight excluding hydrogens is 254 g/mol. The largest absolute Gasteiger partial charge is 0.478 e. The van der Waals surface area contributed by atoms with Crippen LogP contribution in [0.5, 0.6) is 0 Å². The van der Waals surface area contributed by atoms with Crippen LogP contribution < -0.4 is 11.3 Å². The van der Waals surface area contributed by atoms with Gasteiger partial charge in [0.1, 0.15) is 0 Å². The highest BCUT2D eigenvalue weighted by atomic mass is 32.2. The number of aromatic carboxylic acids is 1. The highest BCUT2D eigenvalue weighted by molar-refractivity contribution is 7.99. The minimum absolute atomic E-state index is 0.0262. The van der Waals surface area contributed by atoms with E-state index in [-0.39, 0.29) is 16.8 Å². The van der Waals surface area contributed by atoms with Gasteiger partial charge >= 0.3 is 5.97 Å². The van der Waals surface area contributed by atoms with Crippen molar-refractivity contribution in [2.75, 3.05) is 5.73 Å². The molecule has 0 radical (unpaired) electrons. The van der Waals surface area contributed by atoms with E-state index in [2.05, 4.69) is 9.97 Å². The van der Waals surface area contributed by atoms with Crippen molar-refractivity contribution in [2.45, 2.75) is 10.1 Å². The van der Waals surface area contributed by atoms with E-state index in [1.54, 1.807) is 12.1 Å². The van der Waals surface area contributed by atoms with Crippen molar-refractivity contribution in [1.29, 1.82) is 0 Å². The van der Waals surface area contributed by atoms with Crippen molar-refractivity contribution >= 4 is 23.4 Å². The number of nitrogen functional groups attached to an aromatic ring is 1. The summed E-state index contributed by atoms with van der Waals surface area (Å²) in [5.74, 6) is -1.09. The van der Waals surface area contributed by atoms with Gasteiger partial charge in [-0.2, -0.15) is 0 Å². The van der Waals surface area contributed by atoms with Crippen LogP contribution in [0.4, 0.5) is 5.69 Å². The smallest absolute Gasteiger partial charge is 0.337 e. The molecule has 6 nitrogen and oxygen atoms in total. The SMILES string of the molecule is Nc1c(Sc2nccc(=O)[nH]2)cccc1C(=O)O. The molecule has 0 unspecified atom stereocenters. The van der Waals surface area contributed by atoms with Crippen molar-refractivity contribution in [3.8, 4) is 0 Å². The van der Waals surface area contributed by atoms with Gasteiger partial charge < -0.3 is 15.8 Å². The van der Waals surface area contributed by atoms with Crippen molar-refractivity contribution in [3.63, 3.8) is 0 Å². The molecule has 0 aliphatic rings. The molecule has 1 aromatic carbocycles. The number of carbonyl (C=O) groups is 1. The van der Waals surface area contributed by atoms with Crippen LogP contribution in [0.1, 0.15) is 10.4 Å². The van der Waals surface area contributed by atoms with Gasteiger partial charge in [0.2, 0.25) is 0 Å². The second-order valence-corrected chi connectivity index (χ2v) is 4.39. The maximum atomic E-state index is 11.1. The van der Waals surface area contributed by atoms with E-state index in [9.17, 15) is 9.59 Å². The Kier molecular flexibility index (Phi) is 3.33. The zero-order chi connectivity index (χ0) is 13.1. The number of aromatic nitrogens is 2. The fourth-order valence-electron chi connectivity index (χ4n) is 1.33. The molecule has 0 saturated heterocycles. The van der Waals surface area contributed by atoms with Gasteiger partial charge in [0.25, 0.3) is 5.56 Å². The molecular formula is C11H9N3O3S. The molecule has 2 aromatic rings. The molecule has 7 heteroatoms. The number of benzene rings is 1. The Labute approximate surface area is 106 Å². The third kappa shape index (κ3) is 2.51. The second-order valence-electron chi connectivity index (χ2n) is 3.36. The average Bonchev–Trinajstić information content (AvgIpc) is 2.31. The number of rotatable bonds is 3. The molecule has 1 heterocycles. The summed E-state index contributed by atoms with van der Waals surface area (Å²) >= 11 is 1.10. The minimum atomic E-state index is -1.09. The number of nitrogens with zero attached hydrogens (tertiary/aromatic N) is 1. The summed E-state index contributed by atoms with van der Waals surface area (Å²) in [5, 5.41) is 9.30. The van der Waals surface area contributed by atoms with Crippen LogP contribution in [0.25, 0.3) is 0 Å². The van der Waals surface area contributed by atoms with E-state index < -0.39 is 5.97 Å². The van der Waals surface area contributed by atoms with Gasteiger partial charge in [-0.25, -0.2) is 9.78 Å². The van der Waals surface area contributed by atoms with Gasteiger partial charge in [-0.05, 0) is 23.9 Å². The monoisotopic (exact) mass is 263 g/mol. The molecule has 0 spiro atoms. The molecule has 18 heavy (non-hydrogen) atoms. The Morgan fingerprint density at radius 2 is 2.17 bits per heavy atom. The van der Waals surface area contributed by atoms with E-state index in [1.807, 2.05) is 0 Å². The standard InChI is InChI=1S/C11H9N3O3S/c12-9-6(10(16)17)2-1-3-7(9)18-11-13-5-4-8(15)14-11/h1-5H,12H2,(H,16,17)(H,13,14,15). The lowest BCUT2D eigenvalue weighted by Gasteiger charge is -2.06. The summed E-state index contributed by atoms with van der Waals surface area (Å²) < 4.78 is 0. The van der Waals surface area contributed by atoms with Gasteiger partial charge in [-0.1, -0.05) is 6.07 Å². The predicted molar refractivity (Wildman–Crippen MR) is 66.8 cm³/mol. The lowest BCUT2D eigenvalue weighted by Crippen LogP contribution is -2.06. The zero-order valence-corrected chi connectivity index (χ0v) is 9.90. The van der Waals surface area contributed by atoms with Crippen LogP contribution in [-0.2, 0) is 0 Å². The number of hydrogen-bond donors (Lipinski definition) is 3. The van der Waals surface area contributed by atoms with Crippen LogP contribution >= 0.6 is 11.8 Å². The minimum Gasteiger partial charge on any atom is -0.478 e. The van der Waals surface area contributed by atoms with Gasteiger partial charge in [-0.3, -0.25) is 4.79 Å². The van der Waals surface area contributed by atoms with Gasteiger partial charge in [0.15, 0.2) is 5.16 Å². The van der Waals surface area contributed by atoms with Crippen LogP contribution in [0.2, 0.25) is 0 Å². The first kappa shape index (κ1) is 12.2.